The quantitative estimate of drug-likeness (QED) is 0.836. The van der Waals surface area contributed by atoms with Crippen LogP contribution in [0.25, 0.3) is 11.1 Å². The maximum Gasteiger partial charge on any atom is 0.226 e. The van der Waals surface area contributed by atoms with Crippen molar-refractivity contribution in [1.82, 2.24) is 9.62 Å². The van der Waals surface area contributed by atoms with E-state index in [1.54, 1.807) is 17.0 Å². The topological polar surface area (TPSA) is 66.5 Å². The molecule has 1 saturated heterocycles. The largest absolute Gasteiger partial charge is 0.341 e. The second kappa shape index (κ2) is 7.29. The van der Waals surface area contributed by atoms with Crippen molar-refractivity contribution in [2.24, 2.45) is 5.92 Å². The van der Waals surface area contributed by atoms with E-state index in [9.17, 15) is 17.6 Å². The van der Waals surface area contributed by atoms with E-state index in [1.165, 1.54) is 12.1 Å². The van der Waals surface area contributed by atoms with E-state index in [-0.39, 0.29) is 29.6 Å². The van der Waals surface area contributed by atoms with Gasteiger partial charge in [0.1, 0.15) is 5.82 Å². The summed E-state index contributed by atoms with van der Waals surface area (Å²) in [5.74, 6) is -0.0991. The number of halogens is 1. The normalized spacial score (nSPS) is 24.4. The van der Waals surface area contributed by atoms with Crippen molar-refractivity contribution in [2.45, 2.75) is 24.8 Å². The number of sulfonamides is 1. The Bertz CT molecular complexity index is 991. The molecule has 2 aromatic carbocycles. The van der Waals surface area contributed by atoms with Gasteiger partial charge in [-0.2, -0.15) is 0 Å². The average molecular weight is 402 g/mol. The third-order valence-corrected chi connectivity index (χ3v) is 6.27. The Kier molecular flexibility index (Phi) is 4.97. The molecular formula is C21H23FN2O3S. The number of hydrogen-bond acceptors (Lipinski definition) is 3. The molecule has 2 fully saturated rings. The minimum absolute atomic E-state index is 0.0708. The lowest BCUT2D eigenvalue weighted by Gasteiger charge is -2.17. The van der Waals surface area contributed by atoms with Crippen molar-refractivity contribution in [1.29, 1.82) is 0 Å². The Morgan fingerprint density at radius 3 is 2.57 bits per heavy atom. The summed E-state index contributed by atoms with van der Waals surface area (Å²) in [6.07, 6.45) is 2.57. The van der Waals surface area contributed by atoms with E-state index < -0.39 is 10.0 Å². The predicted molar refractivity (Wildman–Crippen MR) is 106 cm³/mol. The number of benzene rings is 2. The lowest BCUT2D eigenvalue weighted by atomic mass is 9.96. The first kappa shape index (κ1) is 19.1. The van der Waals surface area contributed by atoms with Gasteiger partial charge in [-0.3, -0.25) is 4.79 Å². The number of amides is 1. The summed E-state index contributed by atoms with van der Waals surface area (Å²) >= 11 is 0. The number of nitrogens with one attached hydrogen (secondary N) is 1. The van der Waals surface area contributed by atoms with E-state index in [0.717, 1.165) is 29.4 Å². The van der Waals surface area contributed by atoms with Crippen LogP contribution in [-0.2, 0) is 14.8 Å². The van der Waals surface area contributed by atoms with Crippen molar-refractivity contribution >= 4 is 15.9 Å². The summed E-state index contributed by atoms with van der Waals surface area (Å²) in [6, 6.07) is 14.2. The predicted octanol–water partition coefficient (Wildman–Crippen LogP) is 2.75. The molecular weight excluding hydrogens is 379 g/mol. The first-order valence-electron chi connectivity index (χ1n) is 9.43. The zero-order chi connectivity index (χ0) is 19.9. The van der Waals surface area contributed by atoms with Gasteiger partial charge < -0.3 is 4.90 Å². The van der Waals surface area contributed by atoms with Crippen LogP contribution in [0.1, 0.15) is 24.3 Å². The molecule has 28 heavy (non-hydrogen) atoms. The van der Waals surface area contributed by atoms with Gasteiger partial charge in [-0.15, -0.1) is 0 Å². The van der Waals surface area contributed by atoms with Crippen LogP contribution in [0, 0.1) is 11.7 Å². The molecule has 0 unspecified atom stereocenters. The molecule has 7 heteroatoms. The lowest BCUT2D eigenvalue weighted by molar-refractivity contribution is -0.131. The molecule has 1 aliphatic carbocycles. The maximum absolute atomic E-state index is 13.3. The number of nitrogens with zero attached hydrogens (tertiary/aromatic N) is 1. The molecule has 2 aliphatic rings. The summed E-state index contributed by atoms with van der Waals surface area (Å²) in [7, 11) is -3.27. The van der Waals surface area contributed by atoms with Gasteiger partial charge in [-0.05, 0) is 47.6 Å². The number of rotatable bonds is 5. The number of carbonyl (C=O) groups excluding carboxylic acids is 1. The van der Waals surface area contributed by atoms with Crippen LogP contribution >= 0.6 is 0 Å². The van der Waals surface area contributed by atoms with Gasteiger partial charge in [0.25, 0.3) is 0 Å². The first-order chi connectivity index (χ1) is 13.3. The fourth-order valence-electron chi connectivity index (χ4n) is 4.12. The van der Waals surface area contributed by atoms with E-state index in [1.807, 2.05) is 24.3 Å². The van der Waals surface area contributed by atoms with Gasteiger partial charge in [0.2, 0.25) is 15.9 Å². The van der Waals surface area contributed by atoms with E-state index >= 15 is 0 Å². The highest BCUT2D eigenvalue weighted by molar-refractivity contribution is 7.88. The highest BCUT2D eigenvalue weighted by Gasteiger charge is 2.47. The molecule has 0 bridgehead atoms. The third kappa shape index (κ3) is 4.10. The number of carbonyl (C=O) groups is 1. The van der Waals surface area contributed by atoms with Gasteiger partial charge in [0.15, 0.2) is 0 Å². The lowest BCUT2D eigenvalue weighted by Crippen LogP contribution is -2.38. The molecule has 2 aromatic rings. The third-order valence-electron chi connectivity index (χ3n) is 5.50. The fourth-order valence-corrected chi connectivity index (χ4v) is 4.92. The second-order valence-electron chi connectivity index (χ2n) is 7.70. The Morgan fingerprint density at radius 2 is 1.86 bits per heavy atom. The van der Waals surface area contributed by atoms with Crippen molar-refractivity contribution in [3.8, 4) is 11.1 Å². The summed E-state index contributed by atoms with van der Waals surface area (Å²) in [5, 5.41) is 0. The van der Waals surface area contributed by atoms with Crippen molar-refractivity contribution in [3.05, 3.63) is 59.9 Å². The van der Waals surface area contributed by atoms with Gasteiger partial charge in [0, 0.05) is 25.0 Å². The molecule has 0 radical (unpaired) electrons. The molecule has 5 nitrogen and oxygen atoms in total. The Balaban J connectivity index is 1.46. The van der Waals surface area contributed by atoms with E-state index in [2.05, 4.69) is 4.72 Å². The van der Waals surface area contributed by atoms with Crippen molar-refractivity contribution in [3.63, 3.8) is 0 Å². The molecule has 1 amide bonds. The van der Waals surface area contributed by atoms with Gasteiger partial charge >= 0.3 is 0 Å². The first-order valence-corrected chi connectivity index (χ1v) is 11.3. The molecule has 1 heterocycles. The SMILES string of the molecule is CS(=O)(=O)N[C@@H]1CCN(C(=O)[C@@H]2C[C@H]2c2ccccc2-c2ccc(F)cc2)C1. The van der Waals surface area contributed by atoms with Crippen LogP contribution in [0.3, 0.4) is 0 Å². The minimum atomic E-state index is -3.27. The molecule has 0 aromatic heterocycles. The smallest absolute Gasteiger partial charge is 0.226 e. The zero-order valence-electron chi connectivity index (χ0n) is 15.6. The molecule has 3 atom stereocenters. The highest BCUT2D eigenvalue weighted by Crippen LogP contribution is 2.51. The highest BCUT2D eigenvalue weighted by atomic mass is 32.2. The molecule has 1 aliphatic heterocycles. The Hall–Kier alpha value is -2.25. The van der Waals surface area contributed by atoms with Crippen LogP contribution in [0.2, 0.25) is 0 Å². The number of likely N-dealkylation sites (tertiary alicyclic amines) is 1. The van der Waals surface area contributed by atoms with Gasteiger partial charge in [0.05, 0.1) is 6.26 Å². The van der Waals surface area contributed by atoms with Crippen LogP contribution < -0.4 is 4.72 Å². The number of hydrogen-bond donors (Lipinski definition) is 1. The fraction of sp³-hybridized carbons (Fsp3) is 0.381. The molecule has 1 saturated carbocycles. The summed E-state index contributed by atoms with van der Waals surface area (Å²) in [5.41, 5.74) is 3.08. The van der Waals surface area contributed by atoms with Gasteiger partial charge in [-0.25, -0.2) is 17.5 Å². The average Bonchev–Trinajstić information content (AvgIpc) is 3.32. The van der Waals surface area contributed by atoms with Crippen molar-refractivity contribution < 1.29 is 17.6 Å². The summed E-state index contributed by atoms with van der Waals surface area (Å²) in [4.78, 5) is 14.7. The maximum atomic E-state index is 13.3. The van der Waals surface area contributed by atoms with Crippen LogP contribution in [0.15, 0.2) is 48.5 Å². The Morgan fingerprint density at radius 1 is 1.14 bits per heavy atom. The van der Waals surface area contributed by atoms with Crippen LogP contribution in [0.5, 0.6) is 0 Å². The summed E-state index contributed by atoms with van der Waals surface area (Å²) < 4.78 is 38.6. The van der Waals surface area contributed by atoms with Crippen LogP contribution in [0.4, 0.5) is 4.39 Å². The van der Waals surface area contributed by atoms with Crippen molar-refractivity contribution in [2.75, 3.05) is 19.3 Å². The summed E-state index contributed by atoms with van der Waals surface area (Å²) in [6.45, 7) is 1.00. The molecule has 148 valence electrons. The van der Waals surface area contributed by atoms with E-state index in [4.69, 9.17) is 0 Å². The second-order valence-corrected chi connectivity index (χ2v) is 9.48. The van der Waals surface area contributed by atoms with E-state index in [0.29, 0.717) is 19.5 Å². The van der Waals surface area contributed by atoms with Gasteiger partial charge in [-0.1, -0.05) is 36.4 Å². The van der Waals surface area contributed by atoms with Crippen LogP contribution in [-0.4, -0.2) is 44.6 Å². The monoisotopic (exact) mass is 402 g/mol. The molecule has 0 spiro atoms. The molecule has 4 rings (SSSR count). The molecule has 1 N–H and O–H groups in total. The Labute approximate surface area is 164 Å². The standard InChI is InChI=1S/C21H23FN2O3S/c1-28(26,27)23-16-10-11-24(13-16)21(25)20-12-19(20)18-5-3-2-4-17(18)14-6-8-15(22)9-7-14/h2-9,16,19-20,23H,10-13H2,1H3/t16-,19+,20-/m1/s1. The zero-order valence-corrected chi connectivity index (χ0v) is 16.5. The minimum Gasteiger partial charge on any atom is -0.341 e.